The first-order valence-corrected chi connectivity index (χ1v) is 10.8. The van der Waals surface area contributed by atoms with Crippen molar-refractivity contribution in [2.45, 2.75) is 37.0 Å². The maximum Gasteiger partial charge on any atom is 0.254 e. The summed E-state index contributed by atoms with van der Waals surface area (Å²) >= 11 is 1.72. The van der Waals surface area contributed by atoms with Gasteiger partial charge in [-0.3, -0.25) is 9.20 Å². The fourth-order valence-corrected chi connectivity index (χ4v) is 4.22. The largest absolute Gasteiger partial charge is 0.495 e. The Hall–Kier alpha value is -3.26. The number of rotatable bonds is 6. The Morgan fingerprint density at radius 1 is 1.16 bits per heavy atom. The van der Waals surface area contributed by atoms with Crippen LogP contribution >= 0.6 is 11.8 Å². The number of nitrogens with zero attached hydrogens (tertiary/aromatic N) is 4. The van der Waals surface area contributed by atoms with Crippen LogP contribution < -0.4 is 10.1 Å². The van der Waals surface area contributed by atoms with Gasteiger partial charge in [-0.25, -0.2) is 9.67 Å². The van der Waals surface area contributed by atoms with Crippen molar-refractivity contribution in [3.63, 3.8) is 0 Å². The Balaban J connectivity index is 1.60. The molecule has 7 nitrogen and oxygen atoms in total. The molecule has 0 radical (unpaired) electrons. The number of fused-ring (bicyclic) bond motifs is 1. The Labute approximate surface area is 185 Å². The zero-order valence-corrected chi connectivity index (χ0v) is 18.8. The molecule has 0 spiro atoms. The molecule has 0 fully saturated rings. The number of amides is 1. The van der Waals surface area contributed by atoms with Crippen LogP contribution in [0, 0.1) is 0 Å². The standard InChI is InChI=1S/C23H25N5O2S/c1-23(2,3)31-19-15-27-20(10-18(19)30-4)24-13-21(27)28-14-17(12-26-28)22(29)25-11-16-8-6-5-7-9-16/h5-10,12-15H,11H2,1-4H3,(H,25,29). The molecule has 4 aromatic rings. The third-order valence-electron chi connectivity index (χ3n) is 4.57. The smallest absolute Gasteiger partial charge is 0.254 e. The fraction of sp³-hybridized carbons (Fsp3) is 0.261. The molecule has 0 aliphatic rings. The van der Waals surface area contributed by atoms with Gasteiger partial charge < -0.3 is 10.1 Å². The molecule has 0 aliphatic carbocycles. The first kappa shape index (κ1) is 21.0. The van der Waals surface area contributed by atoms with Gasteiger partial charge in [0.05, 0.1) is 30.0 Å². The summed E-state index contributed by atoms with van der Waals surface area (Å²) in [4.78, 5) is 18.0. The van der Waals surface area contributed by atoms with E-state index >= 15 is 0 Å². The number of aromatic nitrogens is 4. The average molecular weight is 436 g/mol. The summed E-state index contributed by atoms with van der Waals surface area (Å²) in [6.07, 6.45) is 7.01. The molecule has 3 aromatic heterocycles. The van der Waals surface area contributed by atoms with Crippen molar-refractivity contribution in [3.05, 3.63) is 72.3 Å². The molecule has 1 aromatic carbocycles. The quantitative estimate of drug-likeness (QED) is 0.456. The minimum atomic E-state index is -0.172. The molecule has 3 heterocycles. The van der Waals surface area contributed by atoms with E-state index in [1.54, 1.807) is 42.1 Å². The zero-order valence-electron chi connectivity index (χ0n) is 18.0. The molecule has 0 aliphatic heterocycles. The number of methoxy groups -OCH3 is 1. The summed E-state index contributed by atoms with van der Waals surface area (Å²) < 4.78 is 9.20. The molecule has 0 unspecified atom stereocenters. The molecule has 8 heteroatoms. The highest BCUT2D eigenvalue weighted by Crippen LogP contribution is 2.38. The molecule has 4 rings (SSSR count). The molecule has 1 N–H and O–H groups in total. The third-order valence-corrected chi connectivity index (χ3v) is 5.71. The van der Waals surface area contributed by atoms with E-state index in [-0.39, 0.29) is 10.7 Å². The minimum absolute atomic E-state index is 0.0252. The van der Waals surface area contributed by atoms with Crippen molar-refractivity contribution in [1.82, 2.24) is 24.5 Å². The zero-order chi connectivity index (χ0) is 22.0. The summed E-state index contributed by atoms with van der Waals surface area (Å²) in [5.74, 6) is 1.36. The van der Waals surface area contributed by atoms with Crippen LogP contribution in [0.4, 0.5) is 0 Å². The number of hydrogen-bond donors (Lipinski definition) is 1. The van der Waals surface area contributed by atoms with Crippen molar-refractivity contribution < 1.29 is 9.53 Å². The van der Waals surface area contributed by atoms with E-state index in [2.05, 4.69) is 36.2 Å². The van der Waals surface area contributed by atoms with Crippen molar-refractivity contribution in [1.29, 1.82) is 0 Å². The summed E-state index contributed by atoms with van der Waals surface area (Å²) in [7, 11) is 1.66. The number of pyridine rings is 1. The monoisotopic (exact) mass is 435 g/mol. The Kier molecular flexibility index (Phi) is 5.73. The van der Waals surface area contributed by atoms with Gasteiger partial charge in [-0.2, -0.15) is 5.10 Å². The van der Waals surface area contributed by atoms with E-state index in [1.807, 2.05) is 47.0 Å². The van der Waals surface area contributed by atoms with Crippen LogP contribution in [0.5, 0.6) is 5.75 Å². The van der Waals surface area contributed by atoms with E-state index in [9.17, 15) is 4.79 Å². The summed E-state index contributed by atoms with van der Waals surface area (Å²) in [5.41, 5.74) is 2.28. The van der Waals surface area contributed by atoms with Crippen LogP contribution in [0.15, 0.2) is 66.1 Å². The third kappa shape index (κ3) is 4.74. The molecule has 0 bridgehead atoms. The second-order valence-corrected chi connectivity index (χ2v) is 9.98. The summed E-state index contributed by atoms with van der Waals surface area (Å²) in [6, 6.07) is 11.7. The van der Waals surface area contributed by atoms with Crippen LogP contribution in [-0.4, -0.2) is 36.9 Å². The van der Waals surface area contributed by atoms with Crippen molar-refractivity contribution in [2.24, 2.45) is 0 Å². The Morgan fingerprint density at radius 2 is 1.94 bits per heavy atom. The first-order chi connectivity index (χ1) is 14.8. The molecule has 0 saturated carbocycles. The summed E-state index contributed by atoms with van der Waals surface area (Å²) in [6.45, 7) is 6.94. The first-order valence-electron chi connectivity index (χ1n) is 9.95. The lowest BCUT2D eigenvalue weighted by Crippen LogP contribution is -2.22. The molecule has 160 valence electrons. The maximum absolute atomic E-state index is 12.6. The minimum Gasteiger partial charge on any atom is -0.495 e. The maximum atomic E-state index is 12.6. The van der Waals surface area contributed by atoms with Crippen LogP contribution in [-0.2, 0) is 6.54 Å². The second-order valence-electron chi connectivity index (χ2n) is 8.11. The van der Waals surface area contributed by atoms with Gasteiger partial charge in [0.1, 0.15) is 11.4 Å². The van der Waals surface area contributed by atoms with Gasteiger partial charge in [-0.05, 0) is 5.56 Å². The average Bonchev–Trinajstić information content (AvgIpc) is 3.38. The van der Waals surface area contributed by atoms with E-state index in [4.69, 9.17) is 4.74 Å². The molecular formula is C23H25N5O2S. The van der Waals surface area contributed by atoms with Gasteiger partial charge in [0.25, 0.3) is 5.91 Å². The van der Waals surface area contributed by atoms with Crippen LogP contribution in [0.2, 0.25) is 0 Å². The van der Waals surface area contributed by atoms with E-state index in [1.165, 1.54) is 0 Å². The predicted molar refractivity (Wildman–Crippen MR) is 122 cm³/mol. The van der Waals surface area contributed by atoms with Crippen molar-refractivity contribution in [2.75, 3.05) is 7.11 Å². The fourth-order valence-electron chi connectivity index (χ4n) is 3.16. The second kappa shape index (κ2) is 8.47. The number of thioether (sulfide) groups is 1. The lowest BCUT2D eigenvalue weighted by Gasteiger charge is -2.19. The van der Waals surface area contributed by atoms with Crippen LogP contribution in [0.25, 0.3) is 11.5 Å². The Bertz CT molecular complexity index is 1210. The molecule has 1 amide bonds. The number of imidazole rings is 1. The van der Waals surface area contributed by atoms with E-state index in [0.29, 0.717) is 12.1 Å². The molecule has 31 heavy (non-hydrogen) atoms. The molecular weight excluding hydrogens is 410 g/mol. The lowest BCUT2D eigenvalue weighted by molar-refractivity contribution is 0.0951. The highest BCUT2D eigenvalue weighted by molar-refractivity contribution is 8.00. The highest BCUT2D eigenvalue weighted by Gasteiger charge is 2.19. The lowest BCUT2D eigenvalue weighted by atomic mass is 10.2. The Morgan fingerprint density at radius 3 is 2.65 bits per heavy atom. The number of hydrogen-bond acceptors (Lipinski definition) is 5. The number of carbonyl (C=O) groups is 1. The van der Waals surface area contributed by atoms with E-state index in [0.717, 1.165) is 27.7 Å². The van der Waals surface area contributed by atoms with Gasteiger partial charge in [-0.1, -0.05) is 51.1 Å². The summed E-state index contributed by atoms with van der Waals surface area (Å²) in [5, 5.41) is 7.32. The predicted octanol–water partition coefficient (Wildman–Crippen LogP) is 4.35. The number of carbonyl (C=O) groups excluding carboxylic acids is 1. The number of benzene rings is 1. The van der Waals surface area contributed by atoms with Crippen molar-refractivity contribution >= 4 is 23.3 Å². The highest BCUT2D eigenvalue weighted by atomic mass is 32.2. The van der Waals surface area contributed by atoms with Gasteiger partial charge in [-0.15, -0.1) is 11.8 Å². The van der Waals surface area contributed by atoms with Crippen molar-refractivity contribution in [3.8, 4) is 11.6 Å². The molecule has 0 saturated heterocycles. The van der Waals surface area contributed by atoms with E-state index < -0.39 is 0 Å². The number of ether oxygens (including phenoxy) is 1. The van der Waals surface area contributed by atoms with Gasteiger partial charge in [0.15, 0.2) is 5.82 Å². The number of nitrogens with one attached hydrogen (secondary N) is 1. The van der Waals surface area contributed by atoms with Gasteiger partial charge in [0, 0.05) is 29.8 Å². The normalized spacial score (nSPS) is 11.6. The van der Waals surface area contributed by atoms with Crippen LogP contribution in [0.3, 0.4) is 0 Å². The van der Waals surface area contributed by atoms with Gasteiger partial charge in [0.2, 0.25) is 0 Å². The molecule has 0 atom stereocenters. The van der Waals surface area contributed by atoms with Crippen LogP contribution in [0.1, 0.15) is 36.7 Å². The topological polar surface area (TPSA) is 73.5 Å². The van der Waals surface area contributed by atoms with Gasteiger partial charge >= 0.3 is 0 Å². The SMILES string of the molecule is COc1cc2ncc(-n3cc(C(=O)NCc4ccccc4)cn3)n2cc1SC(C)(C)C.